The summed E-state index contributed by atoms with van der Waals surface area (Å²) in [5, 5.41) is 0. The van der Waals surface area contributed by atoms with Crippen LogP contribution in [0.25, 0.3) is 0 Å². The number of aromatic nitrogens is 2. The van der Waals surface area contributed by atoms with Crippen LogP contribution in [0.3, 0.4) is 0 Å². The lowest BCUT2D eigenvalue weighted by atomic mass is 10.3. The topological polar surface area (TPSA) is 79.5 Å². The van der Waals surface area contributed by atoms with E-state index in [1.807, 2.05) is 19.1 Å². The summed E-state index contributed by atoms with van der Waals surface area (Å²) < 4.78 is 16.1. The Hall–Kier alpha value is -2.50. The molecule has 2 N–H and O–H groups in total. The van der Waals surface area contributed by atoms with Gasteiger partial charge in [-0.2, -0.15) is 4.98 Å². The highest BCUT2D eigenvalue weighted by atomic mass is 16.5. The highest BCUT2D eigenvalue weighted by molar-refractivity contribution is 5.52. The largest absolute Gasteiger partial charge is 0.494 e. The molecule has 0 atom stereocenters. The van der Waals surface area contributed by atoms with E-state index >= 15 is 0 Å². The summed E-state index contributed by atoms with van der Waals surface area (Å²) in [6.45, 7) is 2.51. The van der Waals surface area contributed by atoms with Crippen molar-refractivity contribution in [3.63, 3.8) is 0 Å². The minimum atomic E-state index is 0.230. The molecule has 1 aromatic carbocycles. The molecule has 0 aliphatic carbocycles. The van der Waals surface area contributed by atoms with Gasteiger partial charge in [0.05, 0.1) is 13.7 Å². The molecule has 6 heteroatoms. The van der Waals surface area contributed by atoms with Gasteiger partial charge in [-0.1, -0.05) is 6.07 Å². The van der Waals surface area contributed by atoms with Crippen LogP contribution in [0.5, 0.6) is 23.1 Å². The van der Waals surface area contributed by atoms with Gasteiger partial charge < -0.3 is 19.9 Å². The number of hydrogen-bond acceptors (Lipinski definition) is 6. The van der Waals surface area contributed by atoms with Crippen LogP contribution in [0.15, 0.2) is 30.6 Å². The molecule has 0 aliphatic rings. The van der Waals surface area contributed by atoms with E-state index in [9.17, 15) is 0 Å². The maximum absolute atomic E-state index is 5.68. The van der Waals surface area contributed by atoms with Crippen LogP contribution in [-0.4, -0.2) is 23.7 Å². The number of ether oxygens (including phenoxy) is 3. The van der Waals surface area contributed by atoms with Gasteiger partial charge in [-0.25, -0.2) is 4.98 Å². The number of nitrogen functional groups attached to an aromatic ring is 1. The molecule has 0 amide bonds. The van der Waals surface area contributed by atoms with Crippen molar-refractivity contribution in [1.29, 1.82) is 0 Å². The molecule has 2 aromatic rings. The second-order valence-electron chi connectivity index (χ2n) is 3.61. The molecule has 6 nitrogen and oxygen atoms in total. The molecular weight excluding hydrogens is 246 g/mol. The van der Waals surface area contributed by atoms with Gasteiger partial charge in [0.15, 0.2) is 5.82 Å². The number of anilines is 1. The molecule has 0 aliphatic heterocycles. The van der Waals surface area contributed by atoms with Gasteiger partial charge in [0, 0.05) is 6.07 Å². The Morgan fingerprint density at radius 2 is 2.00 bits per heavy atom. The molecule has 1 heterocycles. The van der Waals surface area contributed by atoms with E-state index in [-0.39, 0.29) is 11.7 Å². The third kappa shape index (κ3) is 3.04. The Bertz CT molecular complexity index is 561. The number of methoxy groups -OCH3 is 1. The van der Waals surface area contributed by atoms with Crippen molar-refractivity contribution in [1.82, 2.24) is 9.97 Å². The Kier molecular flexibility index (Phi) is 4.02. The van der Waals surface area contributed by atoms with Crippen LogP contribution in [0, 0.1) is 0 Å². The van der Waals surface area contributed by atoms with Crippen molar-refractivity contribution < 1.29 is 14.2 Å². The van der Waals surface area contributed by atoms with Crippen LogP contribution < -0.4 is 19.9 Å². The predicted octanol–water partition coefficient (Wildman–Crippen LogP) is 2.26. The molecule has 0 saturated carbocycles. The minimum absolute atomic E-state index is 0.230. The predicted molar refractivity (Wildman–Crippen MR) is 70.7 cm³/mol. The van der Waals surface area contributed by atoms with E-state index in [1.165, 1.54) is 13.4 Å². The van der Waals surface area contributed by atoms with E-state index in [2.05, 4.69) is 9.97 Å². The van der Waals surface area contributed by atoms with Crippen molar-refractivity contribution in [3.8, 4) is 23.1 Å². The summed E-state index contributed by atoms with van der Waals surface area (Å²) in [7, 11) is 1.48. The van der Waals surface area contributed by atoms with Gasteiger partial charge in [0.1, 0.15) is 17.8 Å². The zero-order valence-corrected chi connectivity index (χ0v) is 10.8. The molecule has 0 unspecified atom stereocenters. The van der Waals surface area contributed by atoms with Crippen molar-refractivity contribution in [2.45, 2.75) is 6.92 Å². The third-order valence-electron chi connectivity index (χ3n) is 2.33. The molecule has 19 heavy (non-hydrogen) atoms. The van der Waals surface area contributed by atoms with Gasteiger partial charge in [0.2, 0.25) is 5.75 Å². The van der Waals surface area contributed by atoms with Gasteiger partial charge in [-0.3, -0.25) is 0 Å². The molecule has 0 radical (unpaired) electrons. The summed E-state index contributed by atoms with van der Waals surface area (Å²) in [5.41, 5.74) is 5.68. The van der Waals surface area contributed by atoms with Gasteiger partial charge in [-0.05, 0) is 19.1 Å². The number of hydrogen-bond donors (Lipinski definition) is 1. The van der Waals surface area contributed by atoms with Crippen LogP contribution in [0.4, 0.5) is 5.82 Å². The van der Waals surface area contributed by atoms with Crippen LogP contribution in [0.1, 0.15) is 6.92 Å². The summed E-state index contributed by atoms with van der Waals surface area (Å²) in [6.07, 6.45) is 1.32. The maximum atomic E-state index is 5.68. The molecular formula is C13H15N3O3. The molecule has 0 bridgehead atoms. The first-order chi connectivity index (χ1) is 9.24. The minimum Gasteiger partial charge on any atom is -0.494 e. The highest BCUT2D eigenvalue weighted by Gasteiger charge is 2.12. The first-order valence-electron chi connectivity index (χ1n) is 5.79. The smallest absolute Gasteiger partial charge is 0.268 e. The standard InChI is InChI=1S/C13H15N3O3/c1-3-18-9-5-4-6-10(7-9)19-13-11(17-2)12(14)15-8-16-13/h4-8H,3H2,1-2H3,(H2,14,15,16). The van der Waals surface area contributed by atoms with Crippen LogP contribution in [0.2, 0.25) is 0 Å². The second-order valence-corrected chi connectivity index (χ2v) is 3.61. The van der Waals surface area contributed by atoms with E-state index in [0.717, 1.165) is 5.75 Å². The molecule has 1 aromatic heterocycles. The van der Waals surface area contributed by atoms with Crippen molar-refractivity contribution in [2.24, 2.45) is 0 Å². The highest BCUT2D eigenvalue weighted by Crippen LogP contribution is 2.33. The molecule has 0 spiro atoms. The Balaban J connectivity index is 2.26. The Morgan fingerprint density at radius 3 is 2.74 bits per heavy atom. The SMILES string of the molecule is CCOc1cccc(Oc2ncnc(N)c2OC)c1. The van der Waals surface area contributed by atoms with Gasteiger partial charge >= 0.3 is 0 Å². The van der Waals surface area contributed by atoms with E-state index in [1.54, 1.807) is 12.1 Å². The van der Waals surface area contributed by atoms with E-state index in [4.69, 9.17) is 19.9 Å². The summed E-state index contributed by atoms with van der Waals surface area (Å²) in [5.74, 6) is 2.12. The summed E-state index contributed by atoms with van der Waals surface area (Å²) in [6, 6.07) is 7.24. The molecule has 0 fully saturated rings. The van der Waals surface area contributed by atoms with Crippen molar-refractivity contribution in [3.05, 3.63) is 30.6 Å². The monoisotopic (exact) mass is 261 g/mol. The average molecular weight is 261 g/mol. The van der Waals surface area contributed by atoms with E-state index in [0.29, 0.717) is 18.1 Å². The quantitative estimate of drug-likeness (QED) is 0.889. The number of nitrogens with zero attached hydrogens (tertiary/aromatic N) is 2. The fourth-order valence-corrected chi connectivity index (χ4v) is 1.54. The lowest BCUT2D eigenvalue weighted by Crippen LogP contribution is -2.00. The zero-order valence-electron chi connectivity index (χ0n) is 10.8. The van der Waals surface area contributed by atoms with Crippen molar-refractivity contribution in [2.75, 3.05) is 19.5 Å². The molecule has 100 valence electrons. The maximum Gasteiger partial charge on any atom is 0.268 e. The third-order valence-corrected chi connectivity index (χ3v) is 2.33. The van der Waals surface area contributed by atoms with Gasteiger partial charge in [-0.15, -0.1) is 0 Å². The fourth-order valence-electron chi connectivity index (χ4n) is 1.54. The molecule has 2 rings (SSSR count). The van der Waals surface area contributed by atoms with E-state index < -0.39 is 0 Å². The number of rotatable bonds is 5. The Labute approximate surface area is 111 Å². The number of nitrogens with two attached hydrogens (primary N) is 1. The van der Waals surface area contributed by atoms with Crippen LogP contribution >= 0.6 is 0 Å². The fraction of sp³-hybridized carbons (Fsp3) is 0.231. The van der Waals surface area contributed by atoms with Crippen molar-refractivity contribution >= 4 is 5.82 Å². The molecule has 0 saturated heterocycles. The lowest BCUT2D eigenvalue weighted by molar-refractivity contribution is 0.336. The average Bonchev–Trinajstić information content (AvgIpc) is 2.40. The number of benzene rings is 1. The normalized spacial score (nSPS) is 10.0. The zero-order chi connectivity index (χ0) is 13.7. The first kappa shape index (κ1) is 12.9. The summed E-state index contributed by atoms with van der Waals surface area (Å²) in [4.78, 5) is 7.84. The van der Waals surface area contributed by atoms with Gasteiger partial charge in [0.25, 0.3) is 5.88 Å². The Morgan fingerprint density at radius 1 is 1.21 bits per heavy atom. The lowest BCUT2D eigenvalue weighted by Gasteiger charge is -2.10. The van der Waals surface area contributed by atoms with Crippen LogP contribution in [-0.2, 0) is 0 Å². The second kappa shape index (κ2) is 5.90. The first-order valence-corrected chi connectivity index (χ1v) is 5.79. The summed E-state index contributed by atoms with van der Waals surface area (Å²) >= 11 is 0.